The number of hydrogen-bond acceptors (Lipinski definition) is 4. The summed E-state index contributed by atoms with van der Waals surface area (Å²) in [7, 11) is 0. The lowest BCUT2D eigenvalue weighted by molar-refractivity contribution is 0.0955. The Morgan fingerprint density at radius 3 is 2.43 bits per heavy atom. The minimum atomic E-state index is -0.347. The van der Waals surface area contributed by atoms with Gasteiger partial charge in [0.2, 0.25) is 0 Å². The highest BCUT2D eigenvalue weighted by molar-refractivity contribution is 6.00. The number of rotatable bonds is 5. The number of nitrogens with zero attached hydrogens (tertiary/aromatic N) is 3. The van der Waals surface area contributed by atoms with Crippen molar-refractivity contribution in [3.05, 3.63) is 96.1 Å². The number of amides is 1. The molecule has 0 fully saturated rings. The summed E-state index contributed by atoms with van der Waals surface area (Å²) in [5, 5.41) is 8.62. The number of furan rings is 1. The molecule has 2 heterocycles. The smallest absolute Gasteiger partial charge is 0.275 e. The van der Waals surface area contributed by atoms with Crippen LogP contribution >= 0.6 is 0 Å². The van der Waals surface area contributed by atoms with Gasteiger partial charge in [-0.15, -0.1) is 0 Å². The summed E-state index contributed by atoms with van der Waals surface area (Å²) in [6, 6.07) is 22.9. The lowest BCUT2D eigenvalue weighted by Crippen LogP contribution is -2.17. The molecule has 2 aromatic carbocycles. The molecular weight excluding hydrogens is 352 g/mol. The van der Waals surface area contributed by atoms with E-state index < -0.39 is 0 Å². The average molecular weight is 370 g/mol. The molecule has 0 saturated heterocycles. The lowest BCUT2D eigenvalue weighted by Gasteiger charge is -2.01. The molecule has 1 N–H and O–H groups in total. The number of para-hydroxylation sites is 1. The first-order chi connectivity index (χ1) is 13.7. The Morgan fingerprint density at radius 2 is 1.75 bits per heavy atom. The Hall–Kier alpha value is -3.93. The van der Waals surface area contributed by atoms with Crippen LogP contribution < -0.4 is 5.43 Å². The highest BCUT2D eigenvalue weighted by atomic mass is 16.3. The van der Waals surface area contributed by atoms with Crippen molar-refractivity contribution in [3.63, 3.8) is 0 Å². The van der Waals surface area contributed by atoms with Gasteiger partial charge in [0, 0.05) is 11.8 Å². The van der Waals surface area contributed by atoms with E-state index in [4.69, 9.17) is 4.42 Å². The molecule has 0 saturated carbocycles. The highest BCUT2D eigenvalue weighted by Crippen LogP contribution is 2.23. The average Bonchev–Trinajstić information content (AvgIpc) is 3.36. The molecule has 0 aliphatic heterocycles. The molecule has 0 aliphatic rings. The van der Waals surface area contributed by atoms with Gasteiger partial charge in [-0.25, -0.2) is 10.1 Å². The molecule has 6 heteroatoms. The number of hydrazone groups is 1. The fourth-order valence-corrected chi connectivity index (χ4v) is 2.80. The molecule has 0 spiro atoms. The van der Waals surface area contributed by atoms with E-state index in [1.165, 1.54) is 6.21 Å². The Balaban J connectivity index is 1.65. The predicted octanol–water partition coefficient (Wildman–Crippen LogP) is 4.20. The van der Waals surface area contributed by atoms with Gasteiger partial charge < -0.3 is 4.42 Å². The molecule has 0 atom stereocenters. The number of hydrogen-bond donors (Lipinski definition) is 1. The van der Waals surface area contributed by atoms with Crippen LogP contribution in [-0.2, 0) is 0 Å². The van der Waals surface area contributed by atoms with Crippen LogP contribution in [0.5, 0.6) is 0 Å². The van der Waals surface area contributed by atoms with Gasteiger partial charge in [-0.2, -0.15) is 10.2 Å². The number of nitrogens with one attached hydrogen (secondary N) is 1. The van der Waals surface area contributed by atoms with Gasteiger partial charge in [-0.05, 0) is 31.2 Å². The lowest BCUT2D eigenvalue weighted by atomic mass is 10.1. The van der Waals surface area contributed by atoms with E-state index in [9.17, 15) is 4.79 Å². The van der Waals surface area contributed by atoms with Gasteiger partial charge in [0.1, 0.15) is 17.2 Å². The zero-order valence-electron chi connectivity index (χ0n) is 15.2. The third-order valence-corrected chi connectivity index (χ3v) is 4.15. The van der Waals surface area contributed by atoms with Crippen molar-refractivity contribution in [1.29, 1.82) is 0 Å². The van der Waals surface area contributed by atoms with E-state index in [1.54, 1.807) is 16.9 Å². The van der Waals surface area contributed by atoms with Crippen LogP contribution in [0.3, 0.4) is 0 Å². The molecule has 138 valence electrons. The molecule has 0 aliphatic carbocycles. The molecule has 2 aromatic heterocycles. The van der Waals surface area contributed by atoms with Crippen LogP contribution in [-0.4, -0.2) is 21.9 Å². The zero-order valence-corrected chi connectivity index (χ0v) is 15.2. The SMILES string of the molecule is Cc1ccc(/C=N\NC(=O)c2cn(-c3ccccc3)nc2-c2ccccc2)o1. The van der Waals surface area contributed by atoms with Gasteiger partial charge in [0.15, 0.2) is 0 Å². The maximum atomic E-state index is 12.8. The van der Waals surface area contributed by atoms with Gasteiger partial charge in [-0.3, -0.25) is 4.79 Å². The first kappa shape index (κ1) is 17.5. The molecule has 0 unspecified atom stereocenters. The van der Waals surface area contributed by atoms with Crippen molar-refractivity contribution >= 4 is 12.1 Å². The molecule has 6 nitrogen and oxygen atoms in total. The standard InChI is InChI=1S/C22H18N4O2/c1-16-12-13-19(28-16)14-23-24-22(27)20-15-26(18-10-6-3-7-11-18)25-21(20)17-8-4-2-5-9-17/h2-15H,1H3,(H,24,27)/b23-14-. The molecule has 4 aromatic rings. The van der Waals surface area contributed by atoms with Crippen molar-refractivity contribution in [3.8, 4) is 16.9 Å². The van der Waals surface area contributed by atoms with Crippen molar-refractivity contribution in [2.75, 3.05) is 0 Å². The van der Waals surface area contributed by atoms with Gasteiger partial charge in [0.25, 0.3) is 5.91 Å². The number of carbonyl (C=O) groups excluding carboxylic acids is 1. The molecule has 1 amide bonds. The highest BCUT2D eigenvalue weighted by Gasteiger charge is 2.18. The molecular formula is C22H18N4O2. The number of aryl methyl sites for hydroxylation is 1. The maximum absolute atomic E-state index is 12.8. The molecule has 28 heavy (non-hydrogen) atoms. The third kappa shape index (κ3) is 3.76. The summed E-state index contributed by atoms with van der Waals surface area (Å²) in [5.74, 6) is 1.00. The second-order valence-electron chi connectivity index (χ2n) is 6.19. The van der Waals surface area contributed by atoms with E-state index in [0.29, 0.717) is 17.0 Å². The zero-order chi connectivity index (χ0) is 19.3. The Morgan fingerprint density at radius 1 is 1.04 bits per heavy atom. The quantitative estimate of drug-likeness (QED) is 0.423. The van der Waals surface area contributed by atoms with Crippen molar-refractivity contribution < 1.29 is 9.21 Å². The molecule has 0 bridgehead atoms. The maximum Gasteiger partial charge on any atom is 0.275 e. The van der Waals surface area contributed by atoms with E-state index in [0.717, 1.165) is 17.0 Å². The summed E-state index contributed by atoms with van der Waals surface area (Å²) in [4.78, 5) is 12.8. The second-order valence-corrected chi connectivity index (χ2v) is 6.19. The van der Waals surface area contributed by atoms with Crippen molar-refractivity contribution in [1.82, 2.24) is 15.2 Å². The van der Waals surface area contributed by atoms with E-state index in [2.05, 4.69) is 15.6 Å². The number of benzene rings is 2. The fraction of sp³-hybridized carbons (Fsp3) is 0.0455. The largest absolute Gasteiger partial charge is 0.460 e. The Labute approximate surface area is 162 Å². The van der Waals surface area contributed by atoms with E-state index >= 15 is 0 Å². The van der Waals surface area contributed by atoms with Crippen LogP contribution in [0.25, 0.3) is 16.9 Å². The van der Waals surface area contributed by atoms with Crippen LogP contribution in [0.1, 0.15) is 21.9 Å². The van der Waals surface area contributed by atoms with Crippen LogP contribution in [0.2, 0.25) is 0 Å². The van der Waals surface area contributed by atoms with Gasteiger partial charge >= 0.3 is 0 Å². The van der Waals surface area contributed by atoms with Gasteiger partial charge in [0.05, 0.1) is 17.5 Å². The van der Waals surface area contributed by atoms with Crippen LogP contribution in [0.4, 0.5) is 0 Å². The minimum absolute atomic E-state index is 0.347. The van der Waals surface area contributed by atoms with E-state index in [1.807, 2.05) is 73.7 Å². The minimum Gasteiger partial charge on any atom is -0.460 e. The monoisotopic (exact) mass is 370 g/mol. The fourth-order valence-electron chi connectivity index (χ4n) is 2.80. The summed E-state index contributed by atoms with van der Waals surface area (Å²) in [6.07, 6.45) is 3.17. The van der Waals surface area contributed by atoms with E-state index in [-0.39, 0.29) is 5.91 Å². The van der Waals surface area contributed by atoms with Crippen LogP contribution in [0.15, 0.2) is 88.5 Å². The van der Waals surface area contributed by atoms with Crippen LogP contribution in [0, 0.1) is 6.92 Å². The second kappa shape index (κ2) is 7.75. The summed E-state index contributed by atoms with van der Waals surface area (Å²) >= 11 is 0. The summed E-state index contributed by atoms with van der Waals surface area (Å²) < 4.78 is 7.10. The third-order valence-electron chi connectivity index (χ3n) is 4.15. The predicted molar refractivity (Wildman–Crippen MR) is 108 cm³/mol. The number of aromatic nitrogens is 2. The van der Waals surface area contributed by atoms with Crippen molar-refractivity contribution in [2.45, 2.75) is 6.92 Å². The first-order valence-electron chi connectivity index (χ1n) is 8.81. The molecule has 4 rings (SSSR count). The first-order valence-corrected chi connectivity index (χ1v) is 8.81. The normalized spacial score (nSPS) is 11.0. The number of carbonyl (C=O) groups is 1. The topological polar surface area (TPSA) is 72.4 Å². The molecule has 0 radical (unpaired) electrons. The van der Waals surface area contributed by atoms with Gasteiger partial charge in [-0.1, -0.05) is 48.5 Å². The van der Waals surface area contributed by atoms with Crippen molar-refractivity contribution in [2.24, 2.45) is 5.10 Å². The Kier molecular flexibility index (Phi) is 4.84. The Bertz CT molecular complexity index is 1110. The summed E-state index contributed by atoms with van der Waals surface area (Å²) in [6.45, 7) is 1.85. The summed E-state index contributed by atoms with van der Waals surface area (Å²) in [5.41, 5.74) is 5.29.